The average molecular weight is 404 g/mol. The average Bonchev–Trinajstić information content (AvgIpc) is 3.05. The molecule has 1 aliphatic rings. The first-order valence-corrected chi connectivity index (χ1v) is 10.5. The van der Waals surface area contributed by atoms with Crippen molar-refractivity contribution in [2.45, 2.75) is 24.7 Å². The van der Waals surface area contributed by atoms with E-state index < -0.39 is 10.0 Å². The zero-order valence-electron chi connectivity index (χ0n) is 16.3. The third-order valence-electron chi connectivity index (χ3n) is 5.06. The lowest BCUT2D eigenvalue weighted by Crippen LogP contribution is -2.41. The second-order valence-electron chi connectivity index (χ2n) is 6.88. The molecular formula is C19H24N4O4S. The van der Waals surface area contributed by atoms with Crippen LogP contribution in [0.1, 0.15) is 24.1 Å². The van der Waals surface area contributed by atoms with E-state index in [0.717, 1.165) is 12.8 Å². The van der Waals surface area contributed by atoms with Crippen LogP contribution in [0.2, 0.25) is 0 Å². The second kappa shape index (κ2) is 8.20. The number of nitrogens with zero attached hydrogens (tertiary/aromatic N) is 4. The summed E-state index contributed by atoms with van der Waals surface area (Å²) >= 11 is 0. The van der Waals surface area contributed by atoms with Crippen molar-refractivity contribution in [1.29, 1.82) is 5.26 Å². The Labute approximate surface area is 165 Å². The molecule has 0 spiro atoms. The summed E-state index contributed by atoms with van der Waals surface area (Å²) in [5.74, 6) is 1.11. The number of ether oxygens (including phenoxy) is 2. The molecule has 28 heavy (non-hydrogen) atoms. The van der Waals surface area contributed by atoms with Gasteiger partial charge in [-0.25, -0.2) is 8.42 Å². The maximum Gasteiger partial charge on any atom is 0.246 e. The lowest BCUT2D eigenvalue weighted by Gasteiger charge is -2.31. The Hall–Kier alpha value is -2.57. The number of rotatable bonds is 6. The molecule has 1 atom stereocenters. The predicted molar refractivity (Wildman–Crippen MR) is 103 cm³/mol. The van der Waals surface area contributed by atoms with Crippen LogP contribution >= 0.6 is 0 Å². The summed E-state index contributed by atoms with van der Waals surface area (Å²) in [6, 6.07) is 7.06. The smallest absolute Gasteiger partial charge is 0.246 e. The first-order chi connectivity index (χ1) is 13.4. The Morgan fingerprint density at radius 2 is 2.14 bits per heavy atom. The number of aromatic nitrogens is 2. The molecule has 1 fully saturated rings. The Balaban J connectivity index is 1.69. The number of hydrogen-bond acceptors (Lipinski definition) is 6. The van der Waals surface area contributed by atoms with Gasteiger partial charge in [0.1, 0.15) is 4.90 Å². The van der Waals surface area contributed by atoms with Gasteiger partial charge in [0.25, 0.3) is 0 Å². The minimum Gasteiger partial charge on any atom is -0.493 e. The van der Waals surface area contributed by atoms with Crippen LogP contribution in [0.4, 0.5) is 0 Å². The molecule has 0 saturated carbocycles. The van der Waals surface area contributed by atoms with Crippen LogP contribution in [0, 0.1) is 24.2 Å². The largest absolute Gasteiger partial charge is 0.493 e. The SMILES string of the molecule is COc1cc(C#N)ccc1OCC1CCCN(S(=O)(=O)c2cnn(C)c2C)C1. The molecular weight excluding hydrogens is 380 g/mol. The van der Waals surface area contributed by atoms with Gasteiger partial charge in [0.05, 0.1) is 37.2 Å². The Morgan fingerprint density at radius 1 is 1.36 bits per heavy atom. The first-order valence-electron chi connectivity index (χ1n) is 9.06. The monoisotopic (exact) mass is 404 g/mol. The number of hydrogen-bond donors (Lipinski definition) is 0. The Morgan fingerprint density at radius 3 is 2.79 bits per heavy atom. The van der Waals surface area contributed by atoms with Crippen molar-refractivity contribution in [3.05, 3.63) is 35.7 Å². The topological polar surface area (TPSA) is 97.4 Å². The maximum atomic E-state index is 13.0. The number of aryl methyl sites for hydroxylation is 1. The zero-order valence-corrected chi connectivity index (χ0v) is 17.1. The van der Waals surface area contributed by atoms with E-state index in [1.165, 1.54) is 17.6 Å². The first kappa shape index (κ1) is 20.2. The second-order valence-corrected chi connectivity index (χ2v) is 8.78. The summed E-state index contributed by atoms with van der Waals surface area (Å²) in [7, 11) is -0.325. The van der Waals surface area contributed by atoms with Crippen molar-refractivity contribution in [3.63, 3.8) is 0 Å². The van der Waals surface area contributed by atoms with Gasteiger partial charge in [0.2, 0.25) is 10.0 Å². The Kier molecular flexibility index (Phi) is 5.91. The summed E-state index contributed by atoms with van der Waals surface area (Å²) in [6.45, 7) is 3.02. The van der Waals surface area contributed by atoms with Gasteiger partial charge in [-0.05, 0) is 31.9 Å². The van der Waals surface area contributed by atoms with Gasteiger partial charge in [-0.3, -0.25) is 4.68 Å². The fraction of sp³-hybridized carbons (Fsp3) is 0.474. The van der Waals surface area contributed by atoms with Crippen molar-refractivity contribution in [2.75, 3.05) is 26.8 Å². The fourth-order valence-corrected chi connectivity index (χ4v) is 5.06. The van der Waals surface area contributed by atoms with Gasteiger partial charge in [0, 0.05) is 32.1 Å². The van der Waals surface area contributed by atoms with Crippen LogP contribution in [0.5, 0.6) is 11.5 Å². The minimum atomic E-state index is -3.58. The molecule has 0 aliphatic carbocycles. The van der Waals surface area contributed by atoms with Gasteiger partial charge in [-0.15, -0.1) is 0 Å². The number of benzene rings is 1. The highest BCUT2D eigenvalue weighted by molar-refractivity contribution is 7.89. The summed E-state index contributed by atoms with van der Waals surface area (Å²) in [5.41, 5.74) is 1.12. The Bertz CT molecular complexity index is 994. The van der Waals surface area contributed by atoms with Crippen LogP contribution in [0.25, 0.3) is 0 Å². The van der Waals surface area contributed by atoms with Gasteiger partial charge in [-0.1, -0.05) is 0 Å². The summed E-state index contributed by atoms with van der Waals surface area (Å²) in [4.78, 5) is 0.255. The predicted octanol–water partition coefficient (Wildman–Crippen LogP) is 2.09. The molecule has 2 aromatic rings. The van der Waals surface area contributed by atoms with Crippen molar-refractivity contribution in [3.8, 4) is 17.6 Å². The highest BCUT2D eigenvalue weighted by atomic mass is 32.2. The molecule has 3 rings (SSSR count). The molecule has 1 unspecified atom stereocenters. The quantitative estimate of drug-likeness (QED) is 0.731. The van der Waals surface area contributed by atoms with Crippen LogP contribution < -0.4 is 9.47 Å². The van der Waals surface area contributed by atoms with Crippen molar-refractivity contribution >= 4 is 10.0 Å². The molecule has 1 saturated heterocycles. The van der Waals surface area contributed by atoms with Crippen LogP contribution in [0.3, 0.4) is 0 Å². The van der Waals surface area contributed by atoms with Crippen molar-refractivity contribution in [2.24, 2.45) is 13.0 Å². The van der Waals surface area contributed by atoms with E-state index in [9.17, 15) is 8.42 Å². The molecule has 0 amide bonds. The molecule has 150 valence electrons. The van der Waals surface area contributed by atoms with Crippen LogP contribution in [0.15, 0.2) is 29.3 Å². The number of piperidine rings is 1. The third kappa shape index (κ3) is 3.98. The van der Waals surface area contributed by atoms with Gasteiger partial charge in [0.15, 0.2) is 11.5 Å². The number of nitriles is 1. The molecule has 2 heterocycles. The van der Waals surface area contributed by atoms with Crippen molar-refractivity contribution < 1.29 is 17.9 Å². The number of sulfonamides is 1. The van der Waals surface area contributed by atoms with E-state index in [-0.39, 0.29) is 10.8 Å². The number of methoxy groups -OCH3 is 1. The molecule has 8 nitrogen and oxygen atoms in total. The zero-order chi connectivity index (χ0) is 20.3. The highest BCUT2D eigenvalue weighted by Crippen LogP contribution is 2.30. The van der Waals surface area contributed by atoms with Gasteiger partial charge < -0.3 is 9.47 Å². The van der Waals surface area contributed by atoms with E-state index >= 15 is 0 Å². The summed E-state index contributed by atoms with van der Waals surface area (Å²) < 4.78 is 40.2. The normalized spacial score (nSPS) is 17.9. The lowest BCUT2D eigenvalue weighted by atomic mass is 10.0. The van der Waals surface area contributed by atoms with Gasteiger partial charge in [-0.2, -0.15) is 14.7 Å². The minimum absolute atomic E-state index is 0.0702. The van der Waals surface area contributed by atoms with E-state index in [1.54, 1.807) is 36.9 Å². The van der Waals surface area contributed by atoms with E-state index in [2.05, 4.69) is 11.2 Å². The molecule has 1 aromatic carbocycles. The molecule has 0 radical (unpaired) electrons. The molecule has 9 heteroatoms. The highest BCUT2D eigenvalue weighted by Gasteiger charge is 2.32. The van der Waals surface area contributed by atoms with Gasteiger partial charge >= 0.3 is 0 Å². The summed E-state index contributed by atoms with van der Waals surface area (Å²) in [5, 5.41) is 13.0. The summed E-state index contributed by atoms with van der Waals surface area (Å²) in [6.07, 6.45) is 3.07. The maximum absolute atomic E-state index is 13.0. The molecule has 1 aliphatic heterocycles. The van der Waals surface area contributed by atoms with E-state index in [1.807, 2.05) is 0 Å². The van der Waals surface area contributed by atoms with Crippen molar-refractivity contribution in [1.82, 2.24) is 14.1 Å². The lowest BCUT2D eigenvalue weighted by molar-refractivity contribution is 0.176. The third-order valence-corrected chi connectivity index (χ3v) is 7.03. The standard InChI is InChI=1S/C19H24N4O4S/c1-14-19(11-21-22(14)2)28(24,25)23-8-4-5-16(12-23)13-27-17-7-6-15(10-20)9-18(17)26-3/h6-7,9,11,16H,4-5,8,12-13H2,1-3H3. The molecule has 0 bridgehead atoms. The molecule has 0 N–H and O–H groups in total. The van der Waals surface area contributed by atoms with Crippen LogP contribution in [-0.4, -0.2) is 49.3 Å². The van der Waals surface area contributed by atoms with Crippen LogP contribution in [-0.2, 0) is 17.1 Å². The van der Waals surface area contributed by atoms with E-state index in [0.29, 0.717) is 42.5 Å². The van der Waals surface area contributed by atoms with E-state index in [4.69, 9.17) is 14.7 Å². The fourth-order valence-electron chi connectivity index (χ4n) is 3.32. The molecule has 1 aromatic heterocycles.